The summed E-state index contributed by atoms with van der Waals surface area (Å²) in [4.78, 5) is 29.4. The Labute approximate surface area is 239 Å². The molecule has 2 aliphatic heterocycles. The number of sulfonamides is 1. The highest BCUT2D eigenvalue weighted by Crippen LogP contribution is 2.31. The number of hydrogen-bond donors (Lipinski definition) is 1. The normalized spacial score (nSPS) is 18.2. The van der Waals surface area contributed by atoms with E-state index in [4.69, 9.17) is 16.3 Å². The van der Waals surface area contributed by atoms with Gasteiger partial charge in [-0.2, -0.15) is 4.31 Å². The Balaban J connectivity index is 1.19. The number of piperazine rings is 1. The Hall–Kier alpha value is -3.60. The quantitative estimate of drug-likeness (QED) is 0.449. The summed E-state index contributed by atoms with van der Waals surface area (Å²) >= 11 is 6.21. The number of halogens is 1. The first kappa shape index (κ1) is 27.9. The van der Waals surface area contributed by atoms with Gasteiger partial charge < -0.3 is 19.9 Å². The van der Waals surface area contributed by atoms with Crippen LogP contribution in [0, 0.1) is 12.8 Å². The molecule has 0 bridgehead atoms. The van der Waals surface area contributed by atoms with Gasteiger partial charge in [-0.05, 0) is 61.0 Å². The van der Waals surface area contributed by atoms with E-state index in [0.717, 1.165) is 17.0 Å². The molecule has 2 aliphatic rings. The number of rotatable bonds is 7. The van der Waals surface area contributed by atoms with Crippen LogP contribution in [0.15, 0.2) is 71.6 Å². The molecule has 2 saturated heterocycles. The Kier molecular flexibility index (Phi) is 8.02. The van der Waals surface area contributed by atoms with Crippen LogP contribution in [0.3, 0.4) is 0 Å². The van der Waals surface area contributed by atoms with Crippen molar-refractivity contribution in [3.8, 4) is 5.75 Å². The molecule has 11 heteroatoms. The van der Waals surface area contributed by atoms with Gasteiger partial charge in [0, 0.05) is 55.5 Å². The molecule has 1 N–H and O–H groups in total. The van der Waals surface area contributed by atoms with Crippen LogP contribution in [0.25, 0.3) is 0 Å². The zero-order valence-corrected chi connectivity index (χ0v) is 23.9. The molecule has 0 saturated carbocycles. The lowest BCUT2D eigenvalue weighted by Crippen LogP contribution is -2.48. The Bertz CT molecular complexity index is 1520. The number of benzene rings is 3. The van der Waals surface area contributed by atoms with Gasteiger partial charge >= 0.3 is 0 Å². The molecule has 0 aliphatic carbocycles. The number of hydrogen-bond acceptors (Lipinski definition) is 6. The summed E-state index contributed by atoms with van der Waals surface area (Å²) < 4.78 is 33.5. The van der Waals surface area contributed by atoms with Crippen molar-refractivity contribution in [2.75, 3.05) is 55.0 Å². The zero-order valence-electron chi connectivity index (χ0n) is 22.3. The molecule has 2 amide bonds. The molecule has 3 aromatic carbocycles. The number of nitrogens with zero attached hydrogens (tertiary/aromatic N) is 3. The van der Waals surface area contributed by atoms with E-state index in [-0.39, 0.29) is 29.7 Å². The third-order valence-electron chi connectivity index (χ3n) is 7.39. The Morgan fingerprint density at radius 2 is 1.70 bits per heavy atom. The molecule has 0 radical (unpaired) electrons. The fourth-order valence-corrected chi connectivity index (χ4v) is 6.64. The van der Waals surface area contributed by atoms with Gasteiger partial charge in [-0.15, -0.1) is 0 Å². The first-order chi connectivity index (χ1) is 19.2. The van der Waals surface area contributed by atoms with Crippen molar-refractivity contribution in [1.82, 2.24) is 4.31 Å². The summed E-state index contributed by atoms with van der Waals surface area (Å²) in [7, 11) is -2.08. The maximum atomic E-state index is 13.3. The van der Waals surface area contributed by atoms with Crippen molar-refractivity contribution in [3.63, 3.8) is 0 Å². The second kappa shape index (κ2) is 11.5. The minimum absolute atomic E-state index is 0.0879. The third-order valence-corrected chi connectivity index (χ3v) is 9.71. The molecule has 5 rings (SSSR count). The Morgan fingerprint density at radius 1 is 1.00 bits per heavy atom. The lowest BCUT2D eigenvalue weighted by molar-refractivity contribution is -0.122. The Morgan fingerprint density at radius 3 is 2.38 bits per heavy atom. The molecule has 0 spiro atoms. The van der Waals surface area contributed by atoms with E-state index < -0.39 is 15.9 Å². The average molecular weight is 583 g/mol. The van der Waals surface area contributed by atoms with E-state index in [0.29, 0.717) is 42.6 Å². The zero-order chi connectivity index (χ0) is 28.4. The second-order valence-electron chi connectivity index (χ2n) is 9.92. The van der Waals surface area contributed by atoms with Crippen LogP contribution in [0.4, 0.5) is 17.1 Å². The molecule has 1 unspecified atom stereocenters. The fourth-order valence-electron chi connectivity index (χ4n) is 5.05. The average Bonchev–Trinajstić information content (AvgIpc) is 3.36. The summed E-state index contributed by atoms with van der Waals surface area (Å²) in [5.41, 5.74) is 2.98. The van der Waals surface area contributed by atoms with Gasteiger partial charge in [-0.25, -0.2) is 8.42 Å². The lowest BCUT2D eigenvalue weighted by atomic mass is 10.1. The van der Waals surface area contributed by atoms with Crippen LogP contribution in [0.5, 0.6) is 5.75 Å². The summed E-state index contributed by atoms with van der Waals surface area (Å²) in [5.74, 6) is -0.217. The third kappa shape index (κ3) is 5.65. The fraction of sp³-hybridized carbons (Fsp3) is 0.310. The molecule has 2 heterocycles. The van der Waals surface area contributed by atoms with E-state index in [1.807, 2.05) is 43.3 Å². The highest BCUT2D eigenvalue weighted by atomic mass is 35.5. The van der Waals surface area contributed by atoms with E-state index >= 15 is 0 Å². The number of carbonyl (C=O) groups excluding carboxylic acids is 2. The van der Waals surface area contributed by atoms with Crippen LogP contribution in [0.2, 0.25) is 5.02 Å². The number of ether oxygens (including phenoxy) is 1. The monoisotopic (exact) mass is 582 g/mol. The van der Waals surface area contributed by atoms with Gasteiger partial charge in [0.2, 0.25) is 21.8 Å². The number of amides is 2. The van der Waals surface area contributed by atoms with Crippen LogP contribution in [0.1, 0.15) is 12.0 Å². The molecular weight excluding hydrogens is 552 g/mol. The van der Waals surface area contributed by atoms with Crippen LogP contribution in [-0.2, 0) is 19.6 Å². The van der Waals surface area contributed by atoms with Crippen molar-refractivity contribution < 1.29 is 22.7 Å². The van der Waals surface area contributed by atoms with E-state index in [9.17, 15) is 18.0 Å². The van der Waals surface area contributed by atoms with Gasteiger partial charge in [-0.3, -0.25) is 9.59 Å². The highest BCUT2D eigenvalue weighted by molar-refractivity contribution is 7.89. The minimum Gasteiger partial charge on any atom is -0.495 e. The predicted molar refractivity (Wildman–Crippen MR) is 156 cm³/mol. The maximum Gasteiger partial charge on any atom is 0.243 e. The standard InChI is InChI=1S/C29H31ClN4O5S/c1-20-7-10-23(18-25(20)30)34-19-21(17-28(34)35)29(36)31-22-8-11-24(12-9-22)40(37,38)33-15-13-32(14-16-33)26-5-3-4-6-27(26)39-2/h3-12,18,21H,13-17,19H2,1-2H3,(H,31,36). The SMILES string of the molecule is COc1ccccc1N1CCN(S(=O)(=O)c2ccc(NC(=O)C3CC(=O)N(c4ccc(C)c(Cl)c4)C3)cc2)CC1. The van der Waals surface area contributed by atoms with Crippen LogP contribution in [-0.4, -0.2) is 64.4 Å². The van der Waals surface area contributed by atoms with Crippen molar-refractivity contribution in [3.05, 3.63) is 77.3 Å². The number of nitrogens with one attached hydrogen (secondary N) is 1. The summed E-state index contributed by atoms with van der Waals surface area (Å²) in [6.07, 6.45) is 0.0879. The second-order valence-corrected chi connectivity index (χ2v) is 12.3. The molecular formula is C29H31ClN4O5S. The maximum absolute atomic E-state index is 13.3. The molecule has 40 heavy (non-hydrogen) atoms. The predicted octanol–water partition coefficient (Wildman–Crippen LogP) is 4.16. The van der Waals surface area contributed by atoms with E-state index in [1.165, 1.54) is 16.4 Å². The number of para-hydroxylation sites is 2. The molecule has 3 aromatic rings. The van der Waals surface area contributed by atoms with Crippen molar-refractivity contribution in [2.24, 2.45) is 5.92 Å². The molecule has 0 aromatic heterocycles. The van der Waals surface area contributed by atoms with E-state index in [1.54, 1.807) is 30.2 Å². The first-order valence-corrected chi connectivity index (χ1v) is 14.8. The number of anilines is 3. The van der Waals surface area contributed by atoms with Gasteiger partial charge in [0.25, 0.3) is 0 Å². The lowest BCUT2D eigenvalue weighted by Gasteiger charge is -2.35. The van der Waals surface area contributed by atoms with Gasteiger partial charge in [0.05, 0.1) is 23.6 Å². The first-order valence-electron chi connectivity index (χ1n) is 13.0. The molecule has 9 nitrogen and oxygen atoms in total. The van der Waals surface area contributed by atoms with Gasteiger partial charge in [0.15, 0.2) is 0 Å². The van der Waals surface area contributed by atoms with Crippen LogP contribution >= 0.6 is 11.6 Å². The molecule has 210 valence electrons. The summed E-state index contributed by atoms with van der Waals surface area (Å²) in [6.45, 7) is 3.90. The van der Waals surface area contributed by atoms with Crippen molar-refractivity contribution >= 4 is 50.5 Å². The number of aryl methyl sites for hydroxylation is 1. The summed E-state index contributed by atoms with van der Waals surface area (Å²) in [5, 5.41) is 3.38. The molecule has 2 fully saturated rings. The largest absolute Gasteiger partial charge is 0.495 e. The smallest absolute Gasteiger partial charge is 0.243 e. The van der Waals surface area contributed by atoms with Crippen molar-refractivity contribution in [1.29, 1.82) is 0 Å². The van der Waals surface area contributed by atoms with Gasteiger partial charge in [-0.1, -0.05) is 29.8 Å². The minimum atomic E-state index is -3.70. The van der Waals surface area contributed by atoms with Crippen molar-refractivity contribution in [2.45, 2.75) is 18.2 Å². The number of carbonyl (C=O) groups is 2. The topological polar surface area (TPSA) is 99.3 Å². The van der Waals surface area contributed by atoms with Crippen LogP contribution < -0.4 is 19.9 Å². The summed E-state index contributed by atoms with van der Waals surface area (Å²) in [6, 6.07) is 19.2. The number of methoxy groups -OCH3 is 1. The van der Waals surface area contributed by atoms with Gasteiger partial charge in [0.1, 0.15) is 5.75 Å². The molecule has 1 atom stereocenters. The highest BCUT2D eigenvalue weighted by Gasteiger charge is 2.35. The van der Waals surface area contributed by atoms with E-state index in [2.05, 4.69) is 10.2 Å².